The van der Waals surface area contributed by atoms with Gasteiger partial charge in [0.1, 0.15) is 0 Å². The summed E-state index contributed by atoms with van der Waals surface area (Å²) in [5.41, 5.74) is 0. The summed E-state index contributed by atoms with van der Waals surface area (Å²) in [6, 6.07) is -0.482. The van der Waals surface area contributed by atoms with Crippen LogP contribution < -0.4 is 40.0 Å². The Bertz CT molecular complexity index is 223. The van der Waals surface area contributed by atoms with Crippen LogP contribution in [0.25, 0.3) is 0 Å². The first kappa shape index (κ1) is 22.7. The van der Waals surface area contributed by atoms with Gasteiger partial charge in [0, 0.05) is 6.04 Å². The smallest absolute Gasteiger partial charge is 0.548 e. The summed E-state index contributed by atoms with van der Waals surface area (Å²) >= 11 is 0. The molecule has 4 heteroatoms. The molecule has 0 aliphatic carbocycles. The van der Waals surface area contributed by atoms with Crippen LogP contribution in [-0.2, 0) is 4.79 Å². The molecule has 114 valence electrons. The zero-order chi connectivity index (χ0) is 14.5. The van der Waals surface area contributed by atoms with E-state index >= 15 is 0 Å². The molecule has 0 aromatic heterocycles. The Hall–Kier alpha value is 0.430. The second-order valence-corrected chi connectivity index (χ2v) is 5.93. The third kappa shape index (κ3) is 14.8. The standard InChI is InChI=1S/C16H33NO2.Na/c1-4-5-6-7-8-9-10-11-12-17-15(16(18)19)13-14(2)3;/h14-15,17H,4-13H2,1-3H3,(H,18,19);/q;+1/p-1/t15-;/m0./s1. The Kier molecular flexibility index (Phi) is 18.0. The van der Waals surface area contributed by atoms with Crippen molar-refractivity contribution in [2.75, 3.05) is 6.54 Å². The van der Waals surface area contributed by atoms with Crippen molar-refractivity contribution in [3.05, 3.63) is 0 Å². The average Bonchev–Trinajstić information content (AvgIpc) is 2.34. The van der Waals surface area contributed by atoms with E-state index in [0.717, 1.165) is 13.0 Å². The van der Waals surface area contributed by atoms with Crippen LogP contribution >= 0.6 is 0 Å². The number of carboxylic acid groups (broad SMARTS) is 1. The van der Waals surface area contributed by atoms with Crippen molar-refractivity contribution in [1.82, 2.24) is 5.32 Å². The largest absolute Gasteiger partial charge is 1.00 e. The summed E-state index contributed by atoms with van der Waals surface area (Å²) in [6.45, 7) is 7.10. The van der Waals surface area contributed by atoms with Crippen molar-refractivity contribution in [2.24, 2.45) is 5.92 Å². The van der Waals surface area contributed by atoms with Crippen LogP contribution in [0.2, 0.25) is 0 Å². The van der Waals surface area contributed by atoms with E-state index in [1.807, 2.05) is 13.8 Å². The van der Waals surface area contributed by atoms with Crippen molar-refractivity contribution in [1.29, 1.82) is 0 Å². The average molecular weight is 293 g/mol. The molecule has 0 unspecified atom stereocenters. The minimum Gasteiger partial charge on any atom is -0.548 e. The molecule has 0 aromatic rings. The maximum Gasteiger partial charge on any atom is 1.00 e. The zero-order valence-electron chi connectivity index (χ0n) is 14.0. The summed E-state index contributed by atoms with van der Waals surface area (Å²) in [5, 5.41) is 14.0. The van der Waals surface area contributed by atoms with Gasteiger partial charge in [-0.3, -0.25) is 0 Å². The van der Waals surface area contributed by atoms with E-state index < -0.39 is 12.0 Å². The molecule has 0 heterocycles. The molecule has 0 saturated carbocycles. The predicted octanol–water partition coefficient (Wildman–Crippen LogP) is -0.115. The molecule has 0 fully saturated rings. The molecule has 0 bridgehead atoms. The molecule has 0 aliphatic heterocycles. The van der Waals surface area contributed by atoms with Crippen LogP contribution in [0, 0.1) is 5.92 Å². The first-order valence-electron chi connectivity index (χ1n) is 8.02. The summed E-state index contributed by atoms with van der Waals surface area (Å²) in [6.07, 6.45) is 10.8. The monoisotopic (exact) mass is 293 g/mol. The summed E-state index contributed by atoms with van der Waals surface area (Å²) in [5.74, 6) is -0.581. The molecule has 0 saturated heterocycles. The number of unbranched alkanes of at least 4 members (excludes halogenated alkanes) is 7. The van der Waals surface area contributed by atoms with E-state index in [9.17, 15) is 9.90 Å². The van der Waals surface area contributed by atoms with Crippen LogP contribution in [0.3, 0.4) is 0 Å². The Morgan fingerprint density at radius 1 is 1.00 bits per heavy atom. The first-order chi connectivity index (χ1) is 9.07. The molecule has 0 radical (unpaired) electrons. The van der Waals surface area contributed by atoms with Gasteiger partial charge in [-0.05, 0) is 25.3 Å². The van der Waals surface area contributed by atoms with E-state index in [-0.39, 0.29) is 29.6 Å². The van der Waals surface area contributed by atoms with E-state index in [1.54, 1.807) is 0 Å². The van der Waals surface area contributed by atoms with Gasteiger partial charge in [-0.25, -0.2) is 0 Å². The van der Waals surface area contributed by atoms with E-state index in [2.05, 4.69) is 12.2 Å². The fourth-order valence-electron chi connectivity index (χ4n) is 2.27. The quantitative estimate of drug-likeness (QED) is 0.381. The second-order valence-electron chi connectivity index (χ2n) is 5.93. The van der Waals surface area contributed by atoms with Gasteiger partial charge >= 0.3 is 29.6 Å². The first-order valence-corrected chi connectivity index (χ1v) is 8.02. The van der Waals surface area contributed by atoms with Crippen molar-refractivity contribution >= 4 is 5.97 Å². The van der Waals surface area contributed by atoms with Gasteiger partial charge in [0.05, 0.1) is 5.97 Å². The molecule has 0 spiro atoms. The summed E-state index contributed by atoms with van der Waals surface area (Å²) in [7, 11) is 0. The fourth-order valence-corrected chi connectivity index (χ4v) is 2.27. The maximum absolute atomic E-state index is 10.9. The van der Waals surface area contributed by atoms with E-state index in [0.29, 0.717) is 12.3 Å². The molecule has 0 rings (SSSR count). The number of carboxylic acids is 1. The number of aliphatic carboxylic acids is 1. The Labute approximate surface area is 147 Å². The van der Waals surface area contributed by atoms with Gasteiger partial charge in [-0.2, -0.15) is 0 Å². The molecule has 0 amide bonds. The molecule has 3 nitrogen and oxygen atoms in total. The van der Waals surface area contributed by atoms with E-state index in [1.165, 1.54) is 44.9 Å². The van der Waals surface area contributed by atoms with Gasteiger partial charge in [0.15, 0.2) is 0 Å². The van der Waals surface area contributed by atoms with Crippen LogP contribution in [0.15, 0.2) is 0 Å². The number of carbonyl (C=O) groups excluding carboxylic acids is 1. The molecule has 1 N–H and O–H groups in total. The Morgan fingerprint density at radius 3 is 1.95 bits per heavy atom. The second kappa shape index (κ2) is 15.8. The molecule has 1 atom stereocenters. The van der Waals surface area contributed by atoms with Gasteiger partial charge in [0.25, 0.3) is 0 Å². The molecular weight excluding hydrogens is 261 g/mol. The Morgan fingerprint density at radius 2 is 1.50 bits per heavy atom. The third-order valence-corrected chi connectivity index (χ3v) is 3.41. The zero-order valence-corrected chi connectivity index (χ0v) is 16.0. The molecule has 20 heavy (non-hydrogen) atoms. The number of rotatable bonds is 13. The predicted molar refractivity (Wildman–Crippen MR) is 78.9 cm³/mol. The number of hydrogen-bond acceptors (Lipinski definition) is 3. The third-order valence-electron chi connectivity index (χ3n) is 3.41. The van der Waals surface area contributed by atoms with Crippen LogP contribution in [-0.4, -0.2) is 18.6 Å². The van der Waals surface area contributed by atoms with Crippen LogP contribution in [0.1, 0.15) is 78.6 Å². The number of hydrogen-bond donors (Lipinski definition) is 1. The van der Waals surface area contributed by atoms with Gasteiger partial charge in [-0.15, -0.1) is 0 Å². The van der Waals surface area contributed by atoms with Crippen LogP contribution in [0.4, 0.5) is 0 Å². The number of carbonyl (C=O) groups is 1. The van der Waals surface area contributed by atoms with Crippen molar-refractivity contribution in [3.63, 3.8) is 0 Å². The minimum absolute atomic E-state index is 0. The molecule has 0 aromatic carbocycles. The van der Waals surface area contributed by atoms with Crippen molar-refractivity contribution < 1.29 is 39.5 Å². The molecule has 0 aliphatic rings. The van der Waals surface area contributed by atoms with Gasteiger partial charge in [0.2, 0.25) is 0 Å². The maximum atomic E-state index is 10.9. The van der Waals surface area contributed by atoms with Gasteiger partial charge in [-0.1, -0.05) is 65.7 Å². The number of nitrogens with one attached hydrogen (secondary N) is 1. The molecular formula is C16H32NNaO2. The SMILES string of the molecule is CCCCCCCCCCN[C@@H](CC(C)C)C(=O)[O-].[Na+]. The fraction of sp³-hybridized carbons (Fsp3) is 0.938. The van der Waals surface area contributed by atoms with Crippen molar-refractivity contribution in [2.45, 2.75) is 84.6 Å². The van der Waals surface area contributed by atoms with Gasteiger partial charge < -0.3 is 15.2 Å². The normalized spacial score (nSPS) is 12.2. The summed E-state index contributed by atoms with van der Waals surface area (Å²) < 4.78 is 0. The minimum atomic E-state index is -0.965. The summed E-state index contributed by atoms with van der Waals surface area (Å²) in [4.78, 5) is 10.9. The Balaban J connectivity index is 0. The van der Waals surface area contributed by atoms with Crippen LogP contribution in [0.5, 0.6) is 0 Å². The topological polar surface area (TPSA) is 52.2 Å². The van der Waals surface area contributed by atoms with Crippen molar-refractivity contribution in [3.8, 4) is 0 Å². The van der Waals surface area contributed by atoms with E-state index in [4.69, 9.17) is 0 Å².